The van der Waals surface area contributed by atoms with Crippen LogP contribution in [0.3, 0.4) is 0 Å². The van der Waals surface area contributed by atoms with Crippen LogP contribution in [0.15, 0.2) is 6.07 Å². The Hall–Kier alpha value is -2.67. The van der Waals surface area contributed by atoms with Gasteiger partial charge in [-0.2, -0.15) is 0 Å². The smallest absolute Gasteiger partial charge is 0.190 e. The SMILES string of the molecule is CC(=O)C1C(=O)C[C@@H]2C[C@@H]3Cc4c(C(C)C)cc(CCCC5CCCCC5)c(O)c4C(=O)C3C(=O)[C@]2(O)C1=O. The number of aromatic hydroxyl groups is 1. The van der Waals surface area contributed by atoms with Crippen LogP contribution in [-0.2, 0) is 32.0 Å². The predicted molar refractivity (Wildman–Crippen MR) is 144 cm³/mol. The molecule has 7 nitrogen and oxygen atoms in total. The fraction of sp³-hybridized carbons (Fsp3) is 0.656. The Morgan fingerprint density at radius 1 is 1.05 bits per heavy atom. The first-order valence-corrected chi connectivity index (χ1v) is 14.7. The topological polar surface area (TPSA) is 126 Å². The number of hydrogen-bond acceptors (Lipinski definition) is 7. The molecule has 0 spiro atoms. The van der Waals surface area contributed by atoms with Gasteiger partial charge in [-0.3, -0.25) is 24.0 Å². The summed E-state index contributed by atoms with van der Waals surface area (Å²) in [5, 5.41) is 22.8. The van der Waals surface area contributed by atoms with Gasteiger partial charge >= 0.3 is 0 Å². The molecule has 1 aromatic rings. The average molecular weight is 537 g/mol. The van der Waals surface area contributed by atoms with Crippen molar-refractivity contribution in [1.29, 1.82) is 0 Å². The predicted octanol–water partition coefficient (Wildman–Crippen LogP) is 4.46. The second-order valence-corrected chi connectivity index (χ2v) is 12.8. The summed E-state index contributed by atoms with van der Waals surface area (Å²) in [6.07, 6.45) is 9.22. The van der Waals surface area contributed by atoms with Gasteiger partial charge in [0.1, 0.15) is 17.5 Å². The lowest BCUT2D eigenvalue weighted by atomic mass is 9.53. The maximum atomic E-state index is 14.0. The Morgan fingerprint density at radius 2 is 1.74 bits per heavy atom. The van der Waals surface area contributed by atoms with Crippen molar-refractivity contribution in [2.75, 3.05) is 0 Å². The van der Waals surface area contributed by atoms with Crippen molar-refractivity contribution in [2.45, 2.75) is 103 Å². The zero-order valence-corrected chi connectivity index (χ0v) is 23.3. The Labute approximate surface area is 229 Å². The van der Waals surface area contributed by atoms with Crippen LogP contribution < -0.4 is 0 Å². The van der Waals surface area contributed by atoms with Crippen molar-refractivity contribution in [3.63, 3.8) is 0 Å². The Bertz CT molecular complexity index is 1240. The van der Waals surface area contributed by atoms with Crippen LogP contribution in [0.25, 0.3) is 0 Å². The molecule has 7 heteroatoms. The second kappa shape index (κ2) is 10.4. The van der Waals surface area contributed by atoms with Crippen molar-refractivity contribution in [2.24, 2.45) is 29.6 Å². The molecule has 5 rings (SSSR count). The summed E-state index contributed by atoms with van der Waals surface area (Å²) in [7, 11) is 0. The number of aryl methyl sites for hydroxylation is 1. The third-order valence-corrected chi connectivity index (χ3v) is 10.0. The van der Waals surface area contributed by atoms with Gasteiger partial charge in [0.15, 0.2) is 28.7 Å². The van der Waals surface area contributed by atoms with E-state index in [9.17, 15) is 34.2 Å². The van der Waals surface area contributed by atoms with E-state index >= 15 is 0 Å². The number of benzene rings is 1. The molecule has 0 aromatic heterocycles. The zero-order valence-electron chi connectivity index (χ0n) is 23.3. The lowest BCUT2D eigenvalue weighted by molar-refractivity contribution is -0.175. The summed E-state index contributed by atoms with van der Waals surface area (Å²) in [6.45, 7) is 5.18. The third-order valence-electron chi connectivity index (χ3n) is 10.0. The van der Waals surface area contributed by atoms with Crippen LogP contribution in [0.2, 0.25) is 0 Å². The molecule has 0 saturated heterocycles. The molecule has 210 valence electrons. The molecule has 4 aliphatic rings. The van der Waals surface area contributed by atoms with Gasteiger partial charge in [-0.15, -0.1) is 0 Å². The van der Waals surface area contributed by atoms with Crippen molar-refractivity contribution >= 4 is 28.9 Å². The molecule has 5 atom stereocenters. The first-order chi connectivity index (χ1) is 18.5. The van der Waals surface area contributed by atoms with Crippen LogP contribution in [0, 0.1) is 29.6 Å². The Morgan fingerprint density at radius 3 is 2.38 bits per heavy atom. The lowest BCUT2D eigenvalue weighted by Gasteiger charge is -2.49. The molecular weight excluding hydrogens is 496 g/mol. The summed E-state index contributed by atoms with van der Waals surface area (Å²) in [6, 6.07) is 2.01. The normalized spacial score (nSPS) is 31.2. The number of carbonyl (C=O) groups is 5. The Balaban J connectivity index is 1.49. The highest BCUT2D eigenvalue weighted by Gasteiger charge is 2.65. The average Bonchev–Trinajstić information content (AvgIpc) is 2.87. The van der Waals surface area contributed by atoms with Crippen LogP contribution in [0.4, 0.5) is 0 Å². The van der Waals surface area contributed by atoms with E-state index in [4.69, 9.17) is 0 Å². The van der Waals surface area contributed by atoms with Crippen molar-refractivity contribution in [3.05, 3.63) is 28.3 Å². The summed E-state index contributed by atoms with van der Waals surface area (Å²) in [5.41, 5.74) is 0.0251. The van der Waals surface area contributed by atoms with Crippen LogP contribution in [0.5, 0.6) is 5.75 Å². The number of phenolic OH excluding ortho intramolecular Hbond substituents is 1. The van der Waals surface area contributed by atoms with Crippen molar-refractivity contribution in [3.8, 4) is 5.75 Å². The molecule has 0 radical (unpaired) electrons. The standard InChI is InChI=1S/C32H40O7/c1-16(2)22-13-19(11-7-10-18-8-5-4-6-9-18)28(35)27-23(22)14-20-12-21-15-24(34)25(17(3)33)30(37)32(21,39)31(38)26(20)29(27)36/h13,16,18,20-21,25-26,35,39H,4-12,14-15H2,1-3H3/t20-,21+,25?,26?,32-/m1/s1. The minimum atomic E-state index is -2.54. The first kappa shape index (κ1) is 27.9. The van der Waals surface area contributed by atoms with Crippen LogP contribution >= 0.6 is 0 Å². The quantitative estimate of drug-likeness (QED) is 0.514. The molecule has 2 N–H and O–H groups in total. The molecule has 2 unspecified atom stereocenters. The van der Waals surface area contributed by atoms with E-state index in [-0.39, 0.29) is 30.1 Å². The molecule has 0 bridgehead atoms. The van der Waals surface area contributed by atoms with Crippen LogP contribution in [-0.4, -0.2) is 44.7 Å². The van der Waals surface area contributed by atoms with Crippen molar-refractivity contribution < 1.29 is 34.2 Å². The molecule has 3 fully saturated rings. The largest absolute Gasteiger partial charge is 0.507 e. The zero-order chi connectivity index (χ0) is 28.2. The maximum Gasteiger partial charge on any atom is 0.190 e. The summed E-state index contributed by atoms with van der Waals surface area (Å²) in [4.78, 5) is 65.7. The van der Waals surface area contributed by atoms with Gasteiger partial charge in [0.2, 0.25) is 0 Å². The van der Waals surface area contributed by atoms with E-state index in [0.717, 1.165) is 30.9 Å². The van der Waals surface area contributed by atoms with Gasteiger partial charge < -0.3 is 10.2 Å². The number of hydrogen-bond donors (Lipinski definition) is 2. The van der Waals surface area contributed by atoms with E-state index in [1.165, 1.54) is 32.1 Å². The van der Waals surface area contributed by atoms with E-state index in [1.807, 2.05) is 19.9 Å². The highest BCUT2D eigenvalue weighted by molar-refractivity contribution is 6.31. The minimum absolute atomic E-state index is 0.0878. The fourth-order valence-electron chi connectivity index (χ4n) is 8.01. The molecular formula is C32H40O7. The van der Waals surface area contributed by atoms with E-state index in [0.29, 0.717) is 24.3 Å². The van der Waals surface area contributed by atoms with Gasteiger partial charge in [-0.25, -0.2) is 0 Å². The molecule has 0 aliphatic heterocycles. The number of aliphatic hydroxyl groups is 1. The highest BCUT2D eigenvalue weighted by atomic mass is 16.3. The van der Waals surface area contributed by atoms with E-state index in [1.54, 1.807) is 0 Å². The summed E-state index contributed by atoms with van der Waals surface area (Å²) < 4.78 is 0. The van der Waals surface area contributed by atoms with Gasteiger partial charge in [-0.1, -0.05) is 58.4 Å². The molecule has 0 heterocycles. The minimum Gasteiger partial charge on any atom is -0.507 e. The lowest BCUT2D eigenvalue weighted by Crippen LogP contribution is -2.67. The maximum absolute atomic E-state index is 14.0. The molecule has 1 aromatic carbocycles. The molecule has 39 heavy (non-hydrogen) atoms. The molecule has 0 amide bonds. The summed E-state index contributed by atoms with van der Waals surface area (Å²) >= 11 is 0. The highest BCUT2D eigenvalue weighted by Crippen LogP contribution is 2.51. The number of ketones is 5. The van der Waals surface area contributed by atoms with E-state index < -0.39 is 58.2 Å². The van der Waals surface area contributed by atoms with Gasteiger partial charge in [0.05, 0.1) is 11.5 Å². The number of phenols is 1. The molecule has 3 saturated carbocycles. The van der Waals surface area contributed by atoms with E-state index in [2.05, 4.69) is 0 Å². The first-order valence-electron chi connectivity index (χ1n) is 14.7. The monoisotopic (exact) mass is 536 g/mol. The van der Waals surface area contributed by atoms with Crippen molar-refractivity contribution in [1.82, 2.24) is 0 Å². The van der Waals surface area contributed by atoms with Crippen LogP contribution in [0.1, 0.15) is 112 Å². The Kier molecular flexibility index (Phi) is 7.42. The second-order valence-electron chi connectivity index (χ2n) is 12.8. The number of carbonyl (C=O) groups excluding carboxylic acids is 5. The summed E-state index contributed by atoms with van der Waals surface area (Å²) in [5.74, 6) is -7.54. The number of rotatable bonds is 6. The number of fused-ring (bicyclic) bond motifs is 3. The third kappa shape index (κ3) is 4.51. The molecule has 4 aliphatic carbocycles. The number of Topliss-reactive ketones (excluding diaryl/α,β-unsaturated/α-hetero) is 5. The fourth-order valence-corrected chi connectivity index (χ4v) is 8.01. The van der Waals surface area contributed by atoms with Gasteiger partial charge in [0, 0.05) is 12.3 Å². The van der Waals surface area contributed by atoms with Gasteiger partial charge in [0.25, 0.3) is 0 Å². The van der Waals surface area contributed by atoms with Gasteiger partial charge in [-0.05, 0) is 67.1 Å².